The summed E-state index contributed by atoms with van der Waals surface area (Å²) in [6.45, 7) is 7.24. The number of pyridine rings is 1. The Balaban J connectivity index is 1.78. The SMILES string of the molecule is Cc1cc(C)cc(N(CCC#N)C(=O)COC(=O)c2nc(-n3nc(C)cc3C)ccc2Cl)c1. The van der Waals surface area contributed by atoms with Crippen LogP contribution in [0.15, 0.2) is 36.4 Å². The van der Waals surface area contributed by atoms with Crippen LogP contribution in [0.4, 0.5) is 5.69 Å². The van der Waals surface area contributed by atoms with E-state index in [-0.39, 0.29) is 23.7 Å². The summed E-state index contributed by atoms with van der Waals surface area (Å²) in [6, 6.07) is 12.8. The fraction of sp³-hybridized carbons (Fsp3) is 0.292. The highest BCUT2D eigenvalue weighted by molar-refractivity contribution is 6.33. The van der Waals surface area contributed by atoms with Gasteiger partial charge in [0.15, 0.2) is 18.1 Å². The molecule has 0 radical (unpaired) electrons. The molecule has 33 heavy (non-hydrogen) atoms. The van der Waals surface area contributed by atoms with Crippen LogP contribution in [0.3, 0.4) is 0 Å². The number of carbonyl (C=O) groups is 2. The maximum absolute atomic E-state index is 12.9. The van der Waals surface area contributed by atoms with Gasteiger partial charge in [0.1, 0.15) is 0 Å². The molecule has 1 amide bonds. The minimum Gasteiger partial charge on any atom is -0.451 e. The van der Waals surface area contributed by atoms with Gasteiger partial charge in [0.25, 0.3) is 5.91 Å². The first-order valence-electron chi connectivity index (χ1n) is 10.3. The minimum absolute atomic E-state index is 0.105. The first kappa shape index (κ1) is 24.0. The number of esters is 1. The van der Waals surface area contributed by atoms with Crippen molar-refractivity contribution in [1.82, 2.24) is 14.8 Å². The number of amides is 1. The van der Waals surface area contributed by atoms with Crippen LogP contribution in [-0.4, -0.2) is 39.8 Å². The first-order valence-corrected chi connectivity index (χ1v) is 10.7. The van der Waals surface area contributed by atoms with E-state index in [9.17, 15) is 9.59 Å². The van der Waals surface area contributed by atoms with E-state index in [4.69, 9.17) is 21.6 Å². The van der Waals surface area contributed by atoms with E-state index in [1.807, 2.05) is 58.0 Å². The summed E-state index contributed by atoms with van der Waals surface area (Å²) in [7, 11) is 0. The molecule has 8 nitrogen and oxygen atoms in total. The molecule has 0 saturated heterocycles. The summed E-state index contributed by atoms with van der Waals surface area (Å²) in [5.41, 5.74) is 4.15. The summed E-state index contributed by atoms with van der Waals surface area (Å²) in [4.78, 5) is 31.3. The Morgan fingerprint density at radius 3 is 2.42 bits per heavy atom. The average Bonchev–Trinajstić information content (AvgIpc) is 3.09. The third kappa shape index (κ3) is 5.76. The second-order valence-electron chi connectivity index (χ2n) is 7.71. The van der Waals surface area contributed by atoms with E-state index >= 15 is 0 Å². The number of nitrogens with zero attached hydrogens (tertiary/aromatic N) is 5. The van der Waals surface area contributed by atoms with Gasteiger partial charge >= 0.3 is 5.97 Å². The van der Waals surface area contributed by atoms with Gasteiger partial charge in [-0.15, -0.1) is 0 Å². The molecule has 3 aromatic rings. The van der Waals surface area contributed by atoms with Crippen LogP contribution in [0, 0.1) is 39.0 Å². The quantitative estimate of drug-likeness (QED) is 0.483. The monoisotopic (exact) mass is 465 g/mol. The van der Waals surface area contributed by atoms with Crippen molar-refractivity contribution in [2.75, 3.05) is 18.1 Å². The van der Waals surface area contributed by atoms with Gasteiger partial charge in [0, 0.05) is 17.9 Å². The molecule has 0 aliphatic heterocycles. The predicted molar refractivity (Wildman–Crippen MR) is 125 cm³/mol. The Morgan fingerprint density at radius 2 is 1.82 bits per heavy atom. The molecule has 0 atom stereocenters. The van der Waals surface area contributed by atoms with Crippen molar-refractivity contribution in [3.8, 4) is 11.9 Å². The highest BCUT2D eigenvalue weighted by atomic mass is 35.5. The number of aryl methyl sites for hydroxylation is 4. The lowest BCUT2D eigenvalue weighted by molar-refractivity contribution is -0.121. The van der Waals surface area contributed by atoms with Crippen molar-refractivity contribution in [1.29, 1.82) is 5.26 Å². The van der Waals surface area contributed by atoms with Crippen molar-refractivity contribution in [3.05, 3.63) is 69.6 Å². The molecule has 9 heteroatoms. The summed E-state index contributed by atoms with van der Waals surface area (Å²) in [5, 5.41) is 13.4. The number of nitriles is 1. The molecule has 0 bridgehead atoms. The van der Waals surface area contributed by atoms with Crippen molar-refractivity contribution in [3.63, 3.8) is 0 Å². The van der Waals surface area contributed by atoms with Crippen LogP contribution in [0.25, 0.3) is 5.82 Å². The van der Waals surface area contributed by atoms with E-state index < -0.39 is 18.5 Å². The van der Waals surface area contributed by atoms with Crippen LogP contribution in [-0.2, 0) is 9.53 Å². The topological polar surface area (TPSA) is 101 Å². The maximum atomic E-state index is 12.9. The predicted octanol–water partition coefficient (Wildman–Crippen LogP) is 4.26. The van der Waals surface area contributed by atoms with Gasteiger partial charge in [-0.25, -0.2) is 14.5 Å². The molecule has 0 saturated carbocycles. The van der Waals surface area contributed by atoms with Crippen LogP contribution in [0.2, 0.25) is 5.02 Å². The van der Waals surface area contributed by atoms with Crippen molar-refractivity contribution in [2.24, 2.45) is 0 Å². The van der Waals surface area contributed by atoms with Gasteiger partial charge in [0.2, 0.25) is 0 Å². The third-order valence-electron chi connectivity index (χ3n) is 4.84. The summed E-state index contributed by atoms with van der Waals surface area (Å²) in [6.07, 6.45) is 0.144. The van der Waals surface area contributed by atoms with E-state index in [0.29, 0.717) is 11.5 Å². The number of ether oxygens (including phenoxy) is 1. The summed E-state index contributed by atoms with van der Waals surface area (Å²) >= 11 is 6.18. The van der Waals surface area contributed by atoms with Gasteiger partial charge in [0.05, 0.1) is 23.2 Å². The maximum Gasteiger partial charge on any atom is 0.359 e. The number of carbonyl (C=O) groups excluding carboxylic acids is 2. The third-order valence-corrected chi connectivity index (χ3v) is 5.15. The Morgan fingerprint density at radius 1 is 1.12 bits per heavy atom. The highest BCUT2D eigenvalue weighted by Crippen LogP contribution is 2.21. The Labute approximate surface area is 197 Å². The van der Waals surface area contributed by atoms with E-state index in [0.717, 1.165) is 22.5 Å². The fourth-order valence-corrected chi connectivity index (χ4v) is 3.68. The van der Waals surface area contributed by atoms with Crippen molar-refractivity contribution in [2.45, 2.75) is 34.1 Å². The molecule has 2 aromatic heterocycles. The fourth-order valence-electron chi connectivity index (χ4n) is 3.49. The van der Waals surface area contributed by atoms with E-state index in [1.165, 1.54) is 11.0 Å². The second kappa shape index (κ2) is 10.3. The van der Waals surface area contributed by atoms with E-state index in [1.54, 1.807) is 10.7 Å². The summed E-state index contributed by atoms with van der Waals surface area (Å²) < 4.78 is 6.84. The zero-order valence-corrected chi connectivity index (χ0v) is 19.7. The Hall–Kier alpha value is -3.70. The summed E-state index contributed by atoms with van der Waals surface area (Å²) in [5.74, 6) is -0.860. The largest absolute Gasteiger partial charge is 0.451 e. The zero-order chi connectivity index (χ0) is 24.1. The number of benzene rings is 1. The average molecular weight is 466 g/mol. The van der Waals surface area contributed by atoms with Gasteiger partial charge in [-0.1, -0.05) is 17.7 Å². The lowest BCUT2D eigenvalue weighted by atomic mass is 10.1. The number of anilines is 1. The Kier molecular flexibility index (Phi) is 7.46. The van der Waals surface area contributed by atoms with Crippen LogP contribution in [0.5, 0.6) is 0 Å². The number of halogens is 1. The minimum atomic E-state index is -0.822. The molecule has 0 fully saturated rings. The molecule has 3 rings (SSSR count). The van der Waals surface area contributed by atoms with Crippen LogP contribution >= 0.6 is 11.6 Å². The molecular weight excluding hydrogens is 442 g/mol. The van der Waals surface area contributed by atoms with Crippen LogP contribution in [0.1, 0.15) is 39.4 Å². The molecule has 1 aromatic carbocycles. The molecule has 2 heterocycles. The first-order chi connectivity index (χ1) is 15.7. The van der Waals surface area contributed by atoms with E-state index in [2.05, 4.69) is 10.1 Å². The smallest absolute Gasteiger partial charge is 0.359 e. The molecule has 0 spiro atoms. The van der Waals surface area contributed by atoms with Gasteiger partial charge in [-0.05, 0) is 69.2 Å². The van der Waals surface area contributed by atoms with Crippen molar-refractivity contribution < 1.29 is 14.3 Å². The zero-order valence-electron chi connectivity index (χ0n) is 18.9. The van der Waals surface area contributed by atoms with Gasteiger partial charge in [-0.3, -0.25) is 4.79 Å². The number of rotatable bonds is 7. The van der Waals surface area contributed by atoms with Gasteiger partial charge in [-0.2, -0.15) is 10.4 Å². The lowest BCUT2D eigenvalue weighted by Gasteiger charge is -2.22. The normalized spacial score (nSPS) is 10.5. The highest BCUT2D eigenvalue weighted by Gasteiger charge is 2.21. The second-order valence-corrected chi connectivity index (χ2v) is 8.12. The van der Waals surface area contributed by atoms with Crippen LogP contribution < -0.4 is 4.90 Å². The number of hydrogen-bond donors (Lipinski definition) is 0. The standard InChI is InChI=1S/C24H24ClN5O3/c1-15-10-16(2)12-19(11-15)29(9-5-8-26)22(31)14-33-24(32)23-20(25)6-7-21(27-23)30-18(4)13-17(3)28-30/h6-7,10-13H,5,9,14H2,1-4H3. The number of aromatic nitrogens is 3. The molecule has 0 unspecified atom stereocenters. The molecule has 0 N–H and O–H groups in total. The lowest BCUT2D eigenvalue weighted by Crippen LogP contribution is -2.35. The number of hydrogen-bond acceptors (Lipinski definition) is 6. The molecule has 0 aliphatic carbocycles. The van der Waals surface area contributed by atoms with Gasteiger partial charge < -0.3 is 9.64 Å². The van der Waals surface area contributed by atoms with Crippen molar-refractivity contribution >= 4 is 29.2 Å². The molecule has 0 aliphatic rings. The molecular formula is C24H24ClN5O3. The molecule has 170 valence electrons. The Bertz CT molecular complexity index is 1230.